The Morgan fingerprint density at radius 3 is 2.53 bits per heavy atom. The highest BCUT2D eigenvalue weighted by atomic mass is 32.1. The molecular weight excluding hydrogens is 236 g/mol. The number of benzene rings is 1. The third-order valence-electron chi connectivity index (χ3n) is 2.49. The van der Waals surface area contributed by atoms with Gasteiger partial charge in [-0.3, -0.25) is 14.8 Å². The summed E-state index contributed by atoms with van der Waals surface area (Å²) in [5.41, 5.74) is 0.222. The van der Waals surface area contributed by atoms with Crippen LogP contribution in [-0.4, -0.2) is 9.97 Å². The number of rotatable bonds is 1. The van der Waals surface area contributed by atoms with Crippen LogP contribution < -0.4 is 11.2 Å². The monoisotopic (exact) mass is 244 g/mol. The minimum atomic E-state index is -0.469. The zero-order chi connectivity index (χ0) is 11.8. The second-order valence-corrected chi connectivity index (χ2v) is 4.68. The molecule has 3 aromatic rings. The maximum Gasteiger partial charge on any atom is 0.326 e. The van der Waals surface area contributed by atoms with Crippen LogP contribution in [0.3, 0.4) is 0 Å². The van der Waals surface area contributed by atoms with Crippen molar-refractivity contribution in [2.45, 2.75) is 0 Å². The van der Waals surface area contributed by atoms with Crippen LogP contribution in [0.15, 0.2) is 46.0 Å². The third-order valence-corrected chi connectivity index (χ3v) is 3.59. The van der Waals surface area contributed by atoms with Crippen LogP contribution in [0.2, 0.25) is 0 Å². The molecule has 3 rings (SSSR count). The van der Waals surface area contributed by atoms with Gasteiger partial charge in [-0.05, 0) is 11.6 Å². The van der Waals surface area contributed by atoms with E-state index in [0.717, 1.165) is 10.4 Å². The van der Waals surface area contributed by atoms with E-state index >= 15 is 0 Å². The first-order valence-electron chi connectivity index (χ1n) is 5.05. The molecule has 0 aliphatic heterocycles. The molecule has 0 aliphatic rings. The molecule has 0 saturated heterocycles. The van der Waals surface area contributed by atoms with Gasteiger partial charge in [0, 0.05) is 4.88 Å². The van der Waals surface area contributed by atoms with E-state index in [2.05, 4.69) is 9.97 Å². The first-order valence-corrected chi connectivity index (χ1v) is 5.87. The highest BCUT2D eigenvalue weighted by Gasteiger charge is 2.07. The molecule has 1 aromatic carbocycles. The van der Waals surface area contributed by atoms with Crippen molar-refractivity contribution in [2.24, 2.45) is 0 Å². The van der Waals surface area contributed by atoms with Crippen molar-refractivity contribution in [1.82, 2.24) is 9.97 Å². The maximum absolute atomic E-state index is 11.6. The average molecular weight is 244 g/mol. The minimum Gasteiger partial charge on any atom is -0.298 e. The van der Waals surface area contributed by atoms with Gasteiger partial charge in [0.2, 0.25) is 0 Å². The lowest BCUT2D eigenvalue weighted by molar-refractivity contribution is 1.09. The molecule has 5 heteroatoms. The molecule has 2 aromatic heterocycles. The van der Waals surface area contributed by atoms with Crippen molar-refractivity contribution in [2.75, 3.05) is 0 Å². The zero-order valence-corrected chi connectivity index (χ0v) is 9.51. The van der Waals surface area contributed by atoms with Crippen LogP contribution in [0.25, 0.3) is 20.7 Å². The number of hydrogen-bond acceptors (Lipinski definition) is 3. The summed E-state index contributed by atoms with van der Waals surface area (Å²) in [6.45, 7) is 0. The van der Waals surface area contributed by atoms with Gasteiger partial charge in [0.25, 0.3) is 5.56 Å². The fraction of sp³-hybridized carbons (Fsp3) is 0. The van der Waals surface area contributed by atoms with Crippen LogP contribution in [0.5, 0.6) is 0 Å². The molecule has 2 N–H and O–H groups in total. The van der Waals surface area contributed by atoms with Crippen molar-refractivity contribution in [1.29, 1.82) is 0 Å². The van der Waals surface area contributed by atoms with Gasteiger partial charge in [-0.25, -0.2) is 4.79 Å². The lowest BCUT2D eigenvalue weighted by Gasteiger charge is -1.93. The Labute approximate surface area is 99.6 Å². The van der Waals surface area contributed by atoms with E-state index in [0.29, 0.717) is 10.2 Å². The molecule has 0 spiro atoms. The molecule has 0 bridgehead atoms. The van der Waals surface area contributed by atoms with E-state index in [-0.39, 0.29) is 5.56 Å². The molecule has 2 heterocycles. The molecular formula is C12H8N2O2S. The predicted molar refractivity (Wildman–Crippen MR) is 68.5 cm³/mol. The van der Waals surface area contributed by atoms with Crippen LogP contribution in [0.1, 0.15) is 0 Å². The third kappa shape index (κ3) is 1.70. The topological polar surface area (TPSA) is 65.7 Å². The quantitative estimate of drug-likeness (QED) is 0.687. The van der Waals surface area contributed by atoms with E-state index in [1.807, 2.05) is 30.3 Å². The first kappa shape index (κ1) is 10.0. The van der Waals surface area contributed by atoms with Gasteiger partial charge in [-0.1, -0.05) is 30.3 Å². The van der Waals surface area contributed by atoms with E-state index in [4.69, 9.17) is 0 Å². The van der Waals surface area contributed by atoms with Crippen molar-refractivity contribution in [3.63, 3.8) is 0 Å². The highest BCUT2D eigenvalue weighted by molar-refractivity contribution is 7.21. The normalized spacial score (nSPS) is 10.8. The molecule has 0 atom stereocenters. The Hall–Kier alpha value is -2.14. The standard InChI is InChI=1S/C12H8N2O2S/c15-10-8-6-9(7-4-2-1-3-5-7)17-11(8)14-12(16)13-10/h1-6H,(H2,13,14,15,16). The number of nitrogens with one attached hydrogen (secondary N) is 2. The Morgan fingerprint density at radius 1 is 1.00 bits per heavy atom. The smallest absolute Gasteiger partial charge is 0.298 e. The summed E-state index contributed by atoms with van der Waals surface area (Å²) in [6, 6.07) is 11.5. The fourth-order valence-electron chi connectivity index (χ4n) is 1.70. The second-order valence-electron chi connectivity index (χ2n) is 3.63. The molecule has 0 fully saturated rings. The summed E-state index contributed by atoms with van der Waals surface area (Å²) in [5.74, 6) is 0. The first-order chi connectivity index (χ1) is 8.24. The molecule has 0 unspecified atom stereocenters. The van der Waals surface area contributed by atoms with E-state index in [1.165, 1.54) is 11.3 Å². The lowest BCUT2D eigenvalue weighted by atomic mass is 10.2. The van der Waals surface area contributed by atoms with E-state index in [1.54, 1.807) is 6.07 Å². The Kier molecular flexibility index (Phi) is 2.19. The van der Waals surface area contributed by atoms with Gasteiger partial charge in [0.15, 0.2) is 0 Å². The summed E-state index contributed by atoms with van der Waals surface area (Å²) in [6.07, 6.45) is 0. The van der Waals surface area contributed by atoms with Crippen LogP contribution >= 0.6 is 11.3 Å². The fourth-order valence-corrected chi connectivity index (χ4v) is 2.76. The lowest BCUT2D eigenvalue weighted by Crippen LogP contribution is -2.20. The molecule has 17 heavy (non-hydrogen) atoms. The number of aromatic nitrogens is 2. The number of thiophene rings is 1. The molecule has 84 valence electrons. The van der Waals surface area contributed by atoms with Gasteiger partial charge in [0.1, 0.15) is 4.83 Å². The summed E-state index contributed by atoms with van der Waals surface area (Å²) in [5, 5.41) is 0.522. The van der Waals surface area contributed by atoms with Crippen molar-refractivity contribution >= 4 is 21.6 Å². The molecule has 4 nitrogen and oxygen atoms in total. The molecule has 0 amide bonds. The summed E-state index contributed by atoms with van der Waals surface area (Å²) in [4.78, 5) is 29.1. The Balaban J connectivity index is 2.31. The highest BCUT2D eigenvalue weighted by Crippen LogP contribution is 2.29. The number of H-pyrrole nitrogens is 2. The largest absolute Gasteiger partial charge is 0.326 e. The van der Waals surface area contributed by atoms with Gasteiger partial charge in [-0.2, -0.15) is 0 Å². The van der Waals surface area contributed by atoms with Crippen molar-refractivity contribution in [3.05, 3.63) is 57.2 Å². The molecule has 0 radical (unpaired) electrons. The zero-order valence-electron chi connectivity index (χ0n) is 8.69. The van der Waals surface area contributed by atoms with Gasteiger partial charge in [0.05, 0.1) is 5.39 Å². The molecule has 0 aliphatic carbocycles. The van der Waals surface area contributed by atoms with Crippen LogP contribution in [0.4, 0.5) is 0 Å². The number of fused-ring (bicyclic) bond motifs is 1. The van der Waals surface area contributed by atoms with Gasteiger partial charge >= 0.3 is 5.69 Å². The maximum atomic E-state index is 11.6. The van der Waals surface area contributed by atoms with E-state index < -0.39 is 5.69 Å². The number of aromatic amines is 2. The number of hydrogen-bond donors (Lipinski definition) is 2. The van der Waals surface area contributed by atoms with Crippen LogP contribution in [0, 0.1) is 0 Å². The Bertz CT molecular complexity index is 783. The SMILES string of the molecule is O=c1[nH]c(=O)c2cc(-c3ccccc3)sc2[nH]1. The van der Waals surface area contributed by atoms with Crippen molar-refractivity contribution < 1.29 is 0 Å². The van der Waals surface area contributed by atoms with Crippen LogP contribution in [-0.2, 0) is 0 Å². The molecule has 0 saturated carbocycles. The summed E-state index contributed by atoms with van der Waals surface area (Å²) in [7, 11) is 0. The minimum absolute atomic E-state index is 0.345. The van der Waals surface area contributed by atoms with Crippen molar-refractivity contribution in [3.8, 4) is 10.4 Å². The predicted octanol–water partition coefficient (Wildman–Crippen LogP) is 1.94. The Morgan fingerprint density at radius 2 is 1.76 bits per heavy atom. The van der Waals surface area contributed by atoms with E-state index in [9.17, 15) is 9.59 Å². The summed E-state index contributed by atoms with van der Waals surface area (Å²) >= 11 is 1.40. The van der Waals surface area contributed by atoms with Gasteiger partial charge < -0.3 is 0 Å². The second kappa shape index (κ2) is 3.71. The average Bonchev–Trinajstić information content (AvgIpc) is 2.74. The van der Waals surface area contributed by atoms with Gasteiger partial charge in [-0.15, -0.1) is 11.3 Å². The summed E-state index contributed by atoms with van der Waals surface area (Å²) < 4.78 is 0.